The molecule has 140 valence electrons. The second-order valence-electron chi connectivity index (χ2n) is 6.68. The summed E-state index contributed by atoms with van der Waals surface area (Å²) in [6.45, 7) is 9.75. The zero-order valence-corrected chi connectivity index (χ0v) is 16.5. The van der Waals surface area contributed by atoms with E-state index in [9.17, 15) is 13.2 Å². The summed E-state index contributed by atoms with van der Waals surface area (Å²) in [5, 5.41) is 4.04. The number of hydrazone groups is 1. The summed E-state index contributed by atoms with van der Waals surface area (Å²) in [6, 6.07) is 6.53. The van der Waals surface area contributed by atoms with Crippen LogP contribution in [0.4, 0.5) is 5.69 Å². The molecule has 0 bridgehead atoms. The van der Waals surface area contributed by atoms with Crippen LogP contribution in [0, 0.1) is 5.41 Å². The quantitative estimate of drug-likeness (QED) is 0.590. The molecule has 1 rings (SSSR count). The van der Waals surface area contributed by atoms with Crippen LogP contribution in [0.1, 0.15) is 34.6 Å². The Morgan fingerprint density at radius 3 is 2.24 bits per heavy atom. The summed E-state index contributed by atoms with van der Waals surface area (Å²) >= 11 is 0. The van der Waals surface area contributed by atoms with Gasteiger partial charge in [-0.25, -0.2) is 13.8 Å². The number of rotatable bonds is 7. The molecule has 0 atom stereocenters. The highest BCUT2D eigenvalue weighted by atomic mass is 32.2. The van der Waals surface area contributed by atoms with Gasteiger partial charge in [0.1, 0.15) is 12.3 Å². The molecule has 8 heteroatoms. The third kappa shape index (κ3) is 6.74. The van der Waals surface area contributed by atoms with Gasteiger partial charge in [0.2, 0.25) is 10.0 Å². The van der Waals surface area contributed by atoms with Gasteiger partial charge in [0, 0.05) is 11.1 Å². The van der Waals surface area contributed by atoms with Crippen molar-refractivity contribution in [2.75, 3.05) is 23.7 Å². The molecule has 0 heterocycles. The van der Waals surface area contributed by atoms with Crippen LogP contribution >= 0.6 is 0 Å². The molecule has 0 radical (unpaired) electrons. The fraction of sp³-hybridized carbons (Fsp3) is 0.529. The summed E-state index contributed by atoms with van der Waals surface area (Å²) in [4.78, 5) is 12.1. The zero-order chi connectivity index (χ0) is 19.3. The minimum Gasteiger partial charge on any atom is -0.494 e. The van der Waals surface area contributed by atoms with Crippen LogP contribution in [0.5, 0.6) is 5.75 Å². The van der Waals surface area contributed by atoms with Gasteiger partial charge in [-0.05, 0) is 38.1 Å². The predicted molar refractivity (Wildman–Crippen MR) is 101 cm³/mol. The topological polar surface area (TPSA) is 88.1 Å². The Morgan fingerprint density at radius 2 is 1.80 bits per heavy atom. The van der Waals surface area contributed by atoms with E-state index >= 15 is 0 Å². The van der Waals surface area contributed by atoms with Gasteiger partial charge in [-0.3, -0.25) is 9.10 Å². The van der Waals surface area contributed by atoms with E-state index in [4.69, 9.17) is 4.74 Å². The van der Waals surface area contributed by atoms with E-state index in [2.05, 4.69) is 10.5 Å². The van der Waals surface area contributed by atoms with Gasteiger partial charge in [0.05, 0.1) is 18.6 Å². The van der Waals surface area contributed by atoms with Crippen LogP contribution in [-0.2, 0) is 14.8 Å². The number of nitrogens with one attached hydrogen (secondary N) is 1. The van der Waals surface area contributed by atoms with E-state index < -0.39 is 15.9 Å². The summed E-state index contributed by atoms with van der Waals surface area (Å²) < 4.78 is 30.5. The monoisotopic (exact) mass is 369 g/mol. The normalized spacial score (nSPS) is 12.6. The average molecular weight is 369 g/mol. The lowest BCUT2D eigenvalue weighted by Gasteiger charge is -2.22. The van der Waals surface area contributed by atoms with Crippen LogP contribution in [0.3, 0.4) is 0 Å². The Morgan fingerprint density at radius 1 is 1.24 bits per heavy atom. The van der Waals surface area contributed by atoms with Crippen molar-refractivity contribution >= 4 is 27.3 Å². The summed E-state index contributed by atoms with van der Waals surface area (Å²) in [7, 11) is -3.62. The van der Waals surface area contributed by atoms with E-state index in [-0.39, 0.29) is 12.0 Å². The van der Waals surface area contributed by atoms with Crippen molar-refractivity contribution in [2.24, 2.45) is 10.5 Å². The molecule has 1 aromatic rings. The maximum Gasteiger partial charge on any atom is 0.260 e. The fourth-order valence-corrected chi connectivity index (χ4v) is 2.61. The maximum absolute atomic E-state index is 12.1. The number of sulfonamides is 1. The lowest BCUT2D eigenvalue weighted by atomic mass is 9.91. The van der Waals surface area contributed by atoms with Gasteiger partial charge >= 0.3 is 0 Å². The molecule has 1 amide bonds. The number of hydrogen-bond acceptors (Lipinski definition) is 5. The molecular weight excluding hydrogens is 342 g/mol. The van der Waals surface area contributed by atoms with E-state index in [0.29, 0.717) is 18.0 Å². The Hall–Kier alpha value is -2.09. The van der Waals surface area contributed by atoms with Crippen LogP contribution < -0.4 is 14.5 Å². The number of benzene rings is 1. The molecule has 0 unspecified atom stereocenters. The van der Waals surface area contributed by atoms with Gasteiger partial charge in [-0.2, -0.15) is 5.10 Å². The van der Waals surface area contributed by atoms with E-state index in [1.54, 1.807) is 31.2 Å². The highest BCUT2D eigenvalue weighted by molar-refractivity contribution is 7.92. The molecule has 0 fully saturated rings. The zero-order valence-electron chi connectivity index (χ0n) is 15.7. The first kappa shape index (κ1) is 21.0. The molecular formula is C17H27N3O4S. The molecule has 0 aliphatic heterocycles. The Labute approximate surface area is 150 Å². The number of hydrogen-bond donors (Lipinski definition) is 1. The van der Waals surface area contributed by atoms with Crippen molar-refractivity contribution < 1.29 is 17.9 Å². The lowest BCUT2D eigenvalue weighted by Crippen LogP contribution is -2.39. The SMILES string of the molecule is CCOc1ccc(N(CC(=O)N/N=C(/C)C(C)(C)C)S(C)(=O)=O)cc1. The summed E-state index contributed by atoms with van der Waals surface area (Å²) in [6.07, 6.45) is 1.06. The van der Waals surface area contributed by atoms with E-state index in [1.165, 1.54) is 0 Å². The Kier molecular flexibility index (Phi) is 6.98. The maximum atomic E-state index is 12.1. The van der Waals surface area contributed by atoms with Crippen molar-refractivity contribution in [2.45, 2.75) is 34.6 Å². The number of carbonyl (C=O) groups excluding carboxylic acids is 1. The molecule has 0 saturated heterocycles. The predicted octanol–water partition coefficient (Wildman–Crippen LogP) is 2.39. The van der Waals surface area contributed by atoms with Crippen molar-refractivity contribution in [1.29, 1.82) is 0 Å². The molecule has 1 N–H and O–H groups in total. The van der Waals surface area contributed by atoms with Crippen molar-refractivity contribution in [3.63, 3.8) is 0 Å². The first-order chi connectivity index (χ1) is 11.4. The molecule has 0 aliphatic carbocycles. The minimum atomic E-state index is -3.62. The molecule has 0 aromatic heterocycles. The number of ether oxygens (including phenoxy) is 1. The van der Waals surface area contributed by atoms with Crippen LogP contribution in [0.15, 0.2) is 29.4 Å². The van der Waals surface area contributed by atoms with Gasteiger partial charge in [-0.1, -0.05) is 20.8 Å². The van der Waals surface area contributed by atoms with E-state index in [1.807, 2.05) is 27.7 Å². The van der Waals surface area contributed by atoms with Crippen molar-refractivity contribution in [3.8, 4) is 5.75 Å². The summed E-state index contributed by atoms with van der Waals surface area (Å²) in [5.74, 6) is 0.123. The van der Waals surface area contributed by atoms with E-state index in [0.717, 1.165) is 16.3 Å². The lowest BCUT2D eigenvalue weighted by molar-refractivity contribution is -0.119. The van der Waals surface area contributed by atoms with Gasteiger partial charge in [0.25, 0.3) is 5.91 Å². The van der Waals surface area contributed by atoms with Crippen LogP contribution in [0.2, 0.25) is 0 Å². The summed E-state index contributed by atoms with van der Waals surface area (Å²) in [5.41, 5.74) is 3.36. The van der Waals surface area contributed by atoms with Crippen molar-refractivity contribution in [1.82, 2.24) is 5.43 Å². The van der Waals surface area contributed by atoms with Crippen LogP contribution in [-0.4, -0.2) is 39.4 Å². The fourth-order valence-electron chi connectivity index (χ4n) is 1.76. The number of amides is 1. The number of anilines is 1. The van der Waals surface area contributed by atoms with Crippen LogP contribution in [0.25, 0.3) is 0 Å². The average Bonchev–Trinajstić information content (AvgIpc) is 2.49. The second kappa shape index (κ2) is 8.33. The largest absolute Gasteiger partial charge is 0.494 e. The second-order valence-corrected chi connectivity index (χ2v) is 8.59. The van der Waals surface area contributed by atoms with Gasteiger partial charge in [0.15, 0.2) is 0 Å². The molecule has 0 aliphatic rings. The first-order valence-electron chi connectivity index (χ1n) is 7.99. The highest BCUT2D eigenvalue weighted by Gasteiger charge is 2.21. The molecule has 0 saturated carbocycles. The molecule has 1 aromatic carbocycles. The molecule has 7 nitrogen and oxygen atoms in total. The Balaban J connectivity index is 2.93. The standard InChI is InChI=1S/C17H27N3O4S/c1-7-24-15-10-8-14(9-11-15)20(25(6,22)23)12-16(21)19-18-13(2)17(3,4)5/h8-11H,7,12H2,1-6H3,(H,19,21)/b18-13-. The van der Waals surface area contributed by atoms with Gasteiger partial charge in [-0.15, -0.1) is 0 Å². The van der Waals surface area contributed by atoms with Gasteiger partial charge < -0.3 is 4.74 Å². The Bertz CT molecular complexity index is 719. The third-order valence-corrected chi connectivity index (χ3v) is 4.70. The first-order valence-corrected chi connectivity index (χ1v) is 9.84. The number of carbonyl (C=O) groups is 1. The van der Waals surface area contributed by atoms with Crippen molar-refractivity contribution in [3.05, 3.63) is 24.3 Å². The number of nitrogens with zero attached hydrogens (tertiary/aromatic N) is 2. The molecule has 25 heavy (non-hydrogen) atoms. The molecule has 0 spiro atoms. The smallest absolute Gasteiger partial charge is 0.260 e. The third-order valence-electron chi connectivity index (χ3n) is 3.56. The highest BCUT2D eigenvalue weighted by Crippen LogP contribution is 2.21. The minimum absolute atomic E-state index is 0.182.